The molecule has 0 aromatic heterocycles. The number of allylic oxidation sites excluding steroid dienone is 2. The molecule has 0 aliphatic rings. The fourth-order valence-electron chi connectivity index (χ4n) is 2.00. The van der Waals surface area contributed by atoms with Gasteiger partial charge in [-0.2, -0.15) is 0 Å². The van der Waals surface area contributed by atoms with E-state index in [0.29, 0.717) is 0 Å². The zero-order valence-corrected chi connectivity index (χ0v) is 13.1. The van der Waals surface area contributed by atoms with E-state index in [2.05, 4.69) is 11.7 Å². The first-order chi connectivity index (χ1) is 10.3. The monoisotopic (exact) mass is 297 g/mol. The first-order valence-electron chi connectivity index (χ1n) is 7.19. The molecule has 0 unspecified atom stereocenters. The van der Waals surface area contributed by atoms with Gasteiger partial charge in [0.25, 0.3) is 0 Å². The molecule has 0 fully saturated rings. The third kappa shape index (κ3) is 4.03. The largest absolute Gasteiger partial charge is 0.288 e. The van der Waals surface area contributed by atoms with Crippen molar-refractivity contribution in [1.29, 1.82) is 0 Å². The molecular formula is C18H20NOP. The Balaban J connectivity index is 2.39. The van der Waals surface area contributed by atoms with Crippen LogP contribution in [-0.2, 0) is 4.57 Å². The summed E-state index contributed by atoms with van der Waals surface area (Å²) in [4.78, 5) is 0. The maximum Gasteiger partial charge on any atom is 0.247 e. The van der Waals surface area contributed by atoms with E-state index < -0.39 is 7.29 Å². The second kappa shape index (κ2) is 7.75. The van der Waals surface area contributed by atoms with E-state index in [1.54, 1.807) is 6.21 Å². The lowest BCUT2D eigenvalue weighted by Crippen LogP contribution is -2.14. The Morgan fingerprint density at radius 1 is 0.952 bits per heavy atom. The van der Waals surface area contributed by atoms with Gasteiger partial charge in [-0.15, -0.1) is 0 Å². The third-order valence-corrected chi connectivity index (χ3v) is 5.57. The van der Waals surface area contributed by atoms with Crippen LogP contribution in [0.25, 0.3) is 0 Å². The van der Waals surface area contributed by atoms with E-state index in [4.69, 9.17) is 0 Å². The number of unbranched alkanes of at least 4 members (excludes halogenated alkanes) is 1. The molecule has 2 rings (SSSR count). The summed E-state index contributed by atoms with van der Waals surface area (Å²) in [7, 11) is -2.95. The smallest absolute Gasteiger partial charge is 0.247 e. The fraction of sp³-hybridized carbons (Fsp3) is 0.167. The van der Waals surface area contributed by atoms with Crippen LogP contribution < -0.4 is 10.6 Å². The molecule has 0 spiro atoms. The molecule has 108 valence electrons. The number of hydrogen-bond acceptors (Lipinski definition) is 1. The van der Waals surface area contributed by atoms with Gasteiger partial charge < -0.3 is 0 Å². The zero-order chi connectivity index (χ0) is 15.0. The van der Waals surface area contributed by atoms with Gasteiger partial charge in [0.1, 0.15) is 0 Å². The minimum Gasteiger partial charge on any atom is -0.288 e. The van der Waals surface area contributed by atoms with E-state index >= 15 is 0 Å². The highest BCUT2D eigenvalue weighted by Gasteiger charge is 2.25. The number of nitrogens with zero attached hydrogens (tertiary/aromatic N) is 1. The predicted octanol–water partition coefficient (Wildman–Crippen LogP) is 4.34. The van der Waals surface area contributed by atoms with Crippen molar-refractivity contribution in [3.63, 3.8) is 0 Å². The molecule has 0 saturated heterocycles. The van der Waals surface area contributed by atoms with Crippen molar-refractivity contribution >= 4 is 24.1 Å². The van der Waals surface area contributed by atoms with Crippen LogP contribution in [0, 0.1) is 0 Å². The molecule has 0 N–H and O–H groups in total. The van der Waals surface area contributed by atoms with E-state index in [1.165, 1.54) is 0 Å². The number of benzene rings is 2. The molecule has 2 nitrogen and oxygen atoms in total. The minimum absolute atomic E-state index is 0.761. The van der Waals surface area contributed by atoms with Gasteiger partial charge in [0.15, 0.2) is 0 Å². The van der Waals surface area contributed by atoms with E-state index in [1.807, 2.05) is 72.8 Å². The Labute approximate surface area is 126 Å². The van der Waals surface area contributed by atoms with Gasteiger partial charge >= 0.3 is 0 Å². The van der Waals surface area contributed by atoms with Gasteiger partial charge in [0.2, 0.25) is 7.29 Å². The standard InChI is InChI=1S/C18H20NOP/c1-2-3-4-11-16-19-21(20,17-12-7-5-8-13-17)18-14-9-6-10-15-18/h4-16H,2-3H2,1H3/b11-4+,19-16+. The molecule has 0 heterocycles. The lowest BCUT2D eigenvalue weighted by molar-refractivity contribution is 0.588. The summed E-state index contributed by atoms with van der Waals surface area (Å²) in [5, 5.41) is 1.52. The van der Waals surface area contributed by atoms with Crippen molar-refractivity contribution < 1.29 is 4.57 Å². The molecule has 0 amide bonds. The first-order valence-corrected chi connectivity index (χ1v) is 8.85. The summed E-state index contributed by atoms with van der Waals surface area (Å²) in [6, 6.07) is 18.9. The minimum atomic E-state index is -2.95. The van der Waals surface area contributed by atoms with Crippen molar-refractivity contribution in [2.75, 3.05) is 0 Å². The van der Waals surface area contributed by atoms with Crippen LogP contribution >= 0.6 is 7.29 Å². The topological polar surface area (TPSA) is 29.4 Å². The molecule has 0 radical (unpaired) electrons. The summed E-state index contributed by atoms with van der Waals surface area (Å²) in [6.45, 7) is 2.13. The average Bonchev–Trinajstić information content (AvgIpc) is 2.56. The molecule has 0 saturated carbocycles. The molecule has 0 aliphatic carbocycles. The van der Waals surface area contributed by atoms with Crippen molar-refractivity contribution in [2.45, 2.75) is 19.8 Å². The highest BCUT2D eigenvalue weighted by atomic mass is 31.2. The Morgan fingerprint density at radius 3 is 1.95 bits per heavy atom. The Bertz CT molecular complexity index is 604. The number of rotatable bonds is 6. The first kappa shape index (κ1) is 15.5. The molecule has 2 aromatic carbocycles. The van der Waals surface area contributed by atoms with Crippen molar-refractivity contribution in [3.05, 3.63) is 72.8 Å². The molecule has 3 heteroatoms. The number of hydrogen-bond donors (Lipinski definition) is 0. The molecule has 2 aromatic rings. The lowest BCUT2D eigenvalue weighted by atomic mass is 10.3. The highest BCUT2D eigenvalue weighted by Crippen LogP contribution is 2.44. The van der Waals surface area contributed by atoms with Gasteiger partial charge in [-0.05, 0) is 36.8 Å². The van der Waals surface area contributed by atoms with Gasteiger partial charge in [0.05, 0.1) is 0 Å². The fourth-order valence-corrected chi connectivity index (χ4v) is 3.98. The van der Waals surface area contributed by atoms with E-state index in [0.717, 1.165) is 23.5 Å². The quantitative estimate of drug-likeness (QED) is 0.576. The predicted molar refractivity (Wildman–Crippen MR) is 92.3 cm³/mol. The second-order valence-electron chi connectivity index (χ2n) is 4.73. The van der Waals surface area contributed by atoms with Crippen LogP contribution in [0.4, 0.5) is 0 Å². The maximum atomic E-state index is 13.4. The molecule has 0 aliphatic heterocycles. The summed E-state index contributed by atoms with van der Waals surface area (Å²) in [6.07, 6.45) is 7.69. The van der Waals surface area contributed by atoms with Crippen molar-refractivity contribution in [3.8, 4) is 0 Å². The normalized spacial score (nSPS) is 12.2. The zero-order valence-electron chi connectivity index (χ0n) is 12.2. The SMILES string of the molecule is CCC/C=C/C=N/P(=O)(c1ccccc1)c1ccccc1. The van der Waals surface area contributed by atoms with Gasteiger partial charge in [-0.1, -0.05) is 55.8 Å². The summed E-state index contributed by atoms with van der Waals surface area (Å²) in [5.74, 6) is 0. The molecule has 21 heavy (non-hydrogen) atoms. The average molecular weight is 297 g/mol. The highest BCUT2D eigenvalue weighted by molar-refractivity contribution is 7.77. The van der Waals surface area contributed by atoms with Crippen LogP contribution in [-0.4, -0.2) is 6.21 Å². The summed E-state index contributed by atoms with van der Waals surface area (Å²) >= 11 is 0. The summed E-state index contributed by atoms with van der Waals surface area (Å²) < 4.78 is 17.8. The van der Waals surface area contributed by atoms with Crippen molar-refractivity contribution in [1.82, 2.24) is 0 Å². The third-order valence-electron chi connectivity index (χ3n) is 3.12. The van der Waals surface area contributed by atoms with E-state index in [-0.39, 0.29) is 0 Å². The lowest BCUT2D eigenvalue weighted by Gasteiger charge is -2.13. The second-order valence-corrected chi connectivity index (χ2v) is 7.14. The van der Waals surface area contributed by atoms with Gasteiger partial charge in [0, 0.05) is 16.8 Å². The van der Waals surface area contributed by atoms with Crippen LogP contribution in [0.5, 0.6) is 0 Å². The molecule has 0 atom stereocenters. The van der Waals surface area contributed by atoms with Crippen LogP contribution in [0.15, 0.2) is 77.6 Å². The Morgan fingerprint density at radius 2 is 1.48 bits per heavy atom. The van der Waals surface area contributed by atoms with Crippen LogP contribution in [0.3, 0.4) is 0 Å². The van der Waals surface area contributed by atoms with E-state index in [9.17, 15) is 4.57 Å². The Kier molecular flexibility index (Phi) is 5.71. The van der Waals surface area contributed by atoms with Crippen LogP contribution in [0.2, 0.25) is 0 Å². The van der Waals surface area contributed by atoms with Crippen LogP contribution in [0.1, 0.15) is 19.8 Å². The van der Waals surface area contributed by atoms with Crippen molar-refractivity contribution in [2.24, 2.45) is 4.76 Å². The molecular weight excluding hydrogens is 277 g/mol. The summed E-state index contributed by atoms with van der Waals surface area (Å²) in [5.41, 5.74) is 0. The van der Waals surface area contributed by atoms with Gasteiger partial charge in [-0.3, -0.25) is 4.57 Å². The molecule has 0 bridgehead atoms. The van der Waals surface area contributed by atoms with Gasteiger partial charge in [-0.25, -0.2) is 4.76 Å². The Hall–Kier alpha value is -1.92. The maximum absolute atomic E-state index is 13.4.